The van der Waals surface area contributed by atoms with Crippen LogP contribution in [0, 0.1) is 0 Å². The molecule has 2 aromatic carbocycles. The molecule has 0 aliphatic rings. The predicted molar refractivity (Wildman–Crippen MR) is 81.3 cm³/mol. The molecule has 0 saturated carbocycles. The fourth-order valence-corrected chi connectivity index (χ4v) is 1.82. The fraction of sp³-hybridized carbons (Fsp3) is 0.188. The molecule has 4 heteroatoms. The van der Waals surface area contributed by atoms with E-state index in [-0.39, 0.29) is 12.1 Å². The molecule has 2 rings (SSSR count). The van der Waals surface area contributed by atoms with E-state index in [9.17, 15) is 4.79 Å². The smallest absolute Gasteiger partial charge is 0.319 e. The van der Waals surface area contributed by atoms with Crippen LogP contribution in [0.3, 0.4) is 0 Å². The summed E-state index contributed by atoms with van der Waals surface area (Å²) >= 11 is 0. The second kappa shape index (κ2) is 6.73. The van der Waals surface area contributed by atoms with Gasteiger partial charge in [0.25, 0.3) is 0 Å². The Balaban J connectivity index is 1.85. The molecule has 2 aromatic rings. The largest absolute Gasteiger partial charge is 0.334 e. The molecule has 104 valence electrons. The van der Waals surface area contributed by atoms with Gasteiger partial charge in [0.1, 0.15) is 0 Å². The van der Waals surface area contributed by atoms with E-state index in [1.54, 1.807) is 0 Å². The van der Waals surface area contributed by atoms with Crippen molar-refractivity contribution in [2.75, 3.05) is 5.32 Å². The van der Waals surface area contributed by atoms with Gasteiger partial charge in [0.15, 0.2) is 0 Å². The van der Waals surface area contributed by atoms with Gasteiger partial charge in [-0.3, -0.25) is 0 Å². The number of rotatable bonds is 4. The van der Waals surface area contributed by atoms with Gasteiger partial charge in [-0.25, -0.2) is 4.79 Å². The summed E-state index contributed by atoms with van der Waals surface area (Å²) in [5, 5.41) is 5.60. The zero-order valence-corrected chi connectivity index (χ0v) is 11.5. The van der Waals surface area contributed by atoms with Gasteiger partial charge in [-0.1, -0.05) is 42.5 Å². The van der Waals surface area contributed by atoms with E-state index in [0.29, 0.717) is 6.54 Å². The third-order valence-corrected chi connectivity index (χ3v) is 2.99. The second-order valence-electron chi connectivity index (χ2n) is 4.70. The number of carbonyl (C=O) groups excluding carboxylic acids is 1. The third kappa shape index (κ3) is 4.10. The SMILES string of the molecule is CC(N)c1ccc(NC(=O)NCc2ccccc2)cc1. The van der Waals surface area contributed by atoms with Crippen LogP contribution in [-0.2, 0) is 6.54 Å². The Morgan fingerprint density at radius 3 is 2.35 bits per heavy atom. The Kier molecular flexibility index (Phi) is 4.74. The molecule has 1 unspecified atom stereocenters. The predicted octanol–water partition coefficient (Wildman–Crippen LogP) is 3.03. The van der Waals surface area contributed by atoms with Gasteiger partial charge in [-0.2, -0.15) is 0 Å². The fourth-order valence-electron chi connectivity index (χ4n) is 1.82. The maximum absolute atomic E-state index is 11.8. The van der Waals surface area contributed by atoms with Crippen LogP contribution in [0.4, 0.5) is 10.5 Å². The second-order valence-corrected chi connectivity index (χ2v) is 4.70. The summed E-state index contributed by atoms with van der Waals surface area (Å²) in [5.41, 5.74) is 8.63. The van der Waals surface area contributed by atoms with Crippen LogP contribution >= 0.6 is 0 Å². The van der Waals surface area contributed by atoms with Gasteiger partial charge in [0, 0.05) is 18.3 Å². The van der Waals surface area contributed by atoms with E-state index in [2.05, 4.69) is 10.6 Å². The molecular weight excluding hydrogens is 250 g/mol. The number of carbonyl (C=O) groups is 1. The highest BCUT2D eigenvalue weighted by Crippen LogP contribution is 2.14. The Morgan fingerprint density at radius 2 is 1.75 bits per heavy atom. The van der Waals surface area contributed by atoms with E-state index in [1.807, 2.05) is 61.5 Å². The summed E-state index contributed by atoms with van der Waals surface area (Å²) in [4.78, 5) is 11.8. The van der Waals surface area contributed by atoms with Crippen LogP contribution in [0.15, 0.2) is 54.6 Å². The summed E-state index contributed by atoms with van der Waals surface area (Å²) < 4.78 is 0. The van der Waals surface area contributed by atoms with Crippen molar-refractivity contribution < 1.29 is 4.79 Å². The lowest BCUT2D eigenvalue weighted by Crippen LogP contribution is -2.28. The van der Waals surface area contributed by atoms with Gasteiger partial charge in [-0.05, 0) is 30.2 Å². The average Bonchev–Trinajstić information content (AvgIpc) is 2.47. The van der Waals surface area contributed by atoms with Crippen molar-refractivity contribution in [1.82, 2.24) is 5.32 Å². The lowest BCUT2D eigenvalue weighted by atomic mass is 10.1. The molecule has 0 radical (unpaired) electrons. The Labute approximate surface area is 119 Å². The minimum absolute atomic E-state index is 0.00374. The first kappa shape index (κ1) is 14.1. The molecule has 0 aromatic heterocycles. The highest BCUT2D eigenvalue weighted by Gasteiger charge is 2.03. The number of nitrogens with two attached hydrogens (primary N) is 1. The van der Waals surface area contributed by atoms with Crippen LogP contribution in [0.25, 0.3) is 0 Å². The molecule has 4 N–H and O–H groups in total. The molecule has 0 heterocycles. The van der Waals surface area contributed by atoms with Crippen molar-refractivity contribution >= 4 is 11.7 Å². The van der Waals surface area contributed by atoms with Gasteiger partial charge < -0.3 is 16.4 Å². The number of hydrogen-bond donors (Lipinski definition) is 3. The van der Waals surface area contributed by atoms with Crippen LogP contribution in [0.5, 0.6) is 0 Å². The number of benzene rings is 2. The van der Waals surface area contributed by atoms with Crippen molar-refractivity contribution in [3.05, 3.63) is 65.7 Å². The topological polar surface area (TPSA) is 67.1 Å². The van der Waals surface area contributed by atoms with Crippen LogP contribution in [-0.4, -0.2) is 6.03 Å². The van der Waals surface area contributed by atoms with E-state index in [0.717, 1.165) is 16.8 Å². The summed E-state index contributed by atoms with van der Waals surface area (Å²) in [6.07, 6.45) is 0. The minimum atomic E-state index is -0.220. The van der Waals surface area contributed by atoms with Crippen molar-refractivity contribution in [2.24, 2.45) is 5.73 Å². The molecule has 0 bridgehead atoms. The van der Waals surface area contributed by atoms with Crippen molar-refractivity contribution in [3.8, 4) is 0 Å². The quantitative estimate of drug-likeness (QED) is 0.798. The number of anilines is 1. The van der Waals surface area contributed by atoms with E-state index < -0.39 is 0 Å². The number of hydrogen-bond acceptors (Lipinski definition) is 2. The van der Waals surface area contributed by atoms with Gasteiger partial charge in [0.05, 0.1) is 0 Å². The maximum atomic E-state index is 11.8. The molecule has 20 heavy (non-hydrogen) atoms. The molecule has 4 nitrogen and oxygen atoms in total. The first-order chi connectivity index (χ1) is 9.65. The molecule has 0 saturated heterocycles. The molecular formula is C16H19N3O. The number of amides is 2. The molecule has 0 aliphatic heterocycles. The highest BCUT2D eigenvalue weighted by molar-refractivity contribution is 5.89. The zero-order valence-electron chi connectivity index (χ0n) is 11.5. The molecule has 0 spiro atoms. The Morgan fingerprint density at radius 1 is 1.10 bits per heavy atom. The Bertz CT molecular complexity index is 550. The Hall–Kier alpha value is -2.33. The highest BCUT2D eigenvalue weighted by atomic mass is 16.2. The monoisotopic (exact) mass is 269 g/mol. The van der Waals surface area contributed by atoms with E-state index in [1.165, 1.54) is 0 Å². The summed E-state index contributed by atoms with van der Waals surface area (Å²) in [6.45, 7) is 2.43. The lowest BCUT2D eigenvalue weighted by Gasteiger charge is -2.09. The first-order valence-corrected chi connectivity index (χ1v) is 6.59. The number of nitrogens with one attached hydrogen (secondary N) is 2. The zero-order chi connectivity index (χ0) is 14.4. The maximum Gasteiger partial charge on any atom is 0.319 e. The summed E-state index contributed by atoms with van der Waals surface area (Å²) in [5.74, 6) is 0. The van der Waals surface area contributed by atoms with Crippen LogP contribution < -0.4 is 16.4 Å². The van der Waals surface area contributed by atoms with E-state index in [4.69, 9.17) is 5.73 Å². The molecule has 2 amide bonds. The minimum Gasteiger partial charge on any atom is -0.334 e. The van der Waals surface area contributed by atoms with Crippen molar-refractivity contribution in [3.63, 3.8) is 0 Å². The first-order valence-electron chi connectivity index (χ1n) is 6.59. The summed E-state index contributed by atoms with van der Waals surface area (Å²) in [6, 6.07) is 17.1. The van der Waals surface area contributed by atoms with Gasteiger partial charge >= 0.3 is 6.03 Å². The van der Waals surface area contributed by atoms with Gasteiger partial charge in [-0.15, -0.1) is 0 Å². The number of urea groups is 1. The standard InChI is InChI=1S/C16H19N3O/c1-12(17)14-7-9-15(10-8-14)19-16(20)18-11-13-5-3-2-4-6-13/h2-10,12H,11,17H2,1H3,(H2,18,19,20). The third-order valence-electron chi connectivity index (χ3n) is 2.99. The van der Waals surface area contributed by atoms with Gasteiger partial charge in [0.2, 0.25) is 0 Å². The van der Waals surface area contributed by atoms with Crippen LogP contribution in [0.1, 0.15) is 24.1 Å². The summed E-state index contributed by atoms with van der Waals surface area (Å²) in [7, 11) is 0. The molecule has 1 atom stereocenters. The van der Waals surface area contributed by atoms with E-state index >= 15 is 0 Å². The average molecular weight is 269 g/mol. The van der Waals surface area contributed by atoms with Crippen molar-refractivity contribution in [2.45, 2.75) is 19.5 Å². The molecule has 0 fully saturated rings. The normalized spacial score (nSPS) is 11.7. The molecule has 0 aliphatic carbocycles. The van der Waals surface area contributed by atoms with Crippen LogP contribution in [0.2, 0.25) is 0 Å². The van der Waals surface area contributed by atoms with Crippen molar-refractivity contribution in [1.29, 1.82) is 0 Å². The lowest BCUT2D eigenvalue weighted by molar-refractivity contribution is 0.251.